The van der Waals surface area contributed by atoms with Crippen LogP contribution in [0.2, 0.25) is 0 Å². The number of amides is 1. The van der Waals surface area contributed by atoms with E-state index in [4.69, 9.17) is 17.0 Å². The van der Waals surface area contributed by atoms with E-state index in [2.05, 4.69) is 30.0 Å². The first-order valence-electron chi connectivity index (χ1n) is 7.10. The standard InChI is InChI=1S/C14H21N3O2S2/c1-9(2)12-6-10(8-21-12)13(18)16-17-14(20)15-7-11-4-3-5-19-11/h6,8-9,11H,3-5,7H2,1-2H3,(H,16,18)(H2,15,17,20)/t11-/m0/s1. The Kier molecular flexibility index (Phi) is 5.96. The van der Waals surface area contributed by atoms with E-state index < -0.39 is 0 Å². The van der Waals surface area contributed by atoms with Gasteiger partial charge < -0.3 is 10.1 Å². The third-order valence-electron chi connectivity index (χ3n) is 3.25. The van der Waals surface area contributed by atoms with Gasteiger partial charge in [-0.15, -0.1) is 11.3 Å². The van der Waals surface area contributed by atoms with Crippen molar-refractivity contribution < 1.29 is 9.53 Å². The average Bonchev–Trinajstić information content (AvgIpc) is 3.12. The molecule has 1 amide bonds. The summed E-state index contributed by atoms with van der Waals surface area (Å²) in [5.41, 5.74) is 5.96. The smallest absolute Gasteiger partial charge is 0.270 e. The van der Waals surface area contributed by atoms with Crippen LogP contribution in [0.5, 0.6) is 0 Å². The molecule has 0 aliphatic carbocycles. The van der Waals surface area contributed by atoms with Crippen molar-refractivity contribution in [2.45, 2.75) is 38.7 Å². The first kappa shape index (κ1) is 16.2. The van der Waals surface area contributed by atoms with Gasteiger partial charge in [-0.3, -0.25) is 15.6 Å². The maximum Gasteiger partial charge on any atom is 0.270 e. The number of hydrazine groups is 1. The first-order valence-corrected chi connectivity index (χ1v) is 8.39. The van der Waals surface area contributed by atoms with E-state index in [0.717, 1.165) is 19.4 Å². The monoisotopic (exact) mass is 327 g/mol. The number of rotatable bonds is 4. The van der Waals surface area contributed by atoms with Crippen LogP contribution < -0.4 is 16.2 Å². The zero-order chi connectivity index (χ0) is 15.2. The molecule has 1 fully saturated rings. The van der Waals surface area contributed by atoms with Crippen LogP contribution in [0.1, 0.15) is 47.8 Å². The lowest BCUT2D eigenvalue weighted by atomic mass is 10.1. The Balaban J connectivity index is 1.70. The van der Waals surface area contributed by atoms with Gasteiger partial charge in [0.1, 0.15) is 0 Å². The number of ether oxygens (including phenoxy) is 1. The molecular weight excluding hydrogens is 306 g/mol. The van der Waals surface area contributed by atoms with Gasteiger partial charge in [0, 0.05) is 23.4 Å². The minimum atomic E-state index is -0.181. The minimum absolute atomic E-state index is 0.181. The molecule has 0 saturated carbocycles. The fourth-order valence-electron chi connectivity index (χ4n) is 2.02. The van der Waals surface area contributed by atoms with Crippen molar-refractivity contribution in [3.05, 3.63) is 21.9 Å². The van der Waals surface area contributed by atoms with Gasteiger partial charge in [-0.1, -0.05) is 13.8 Å². The highest BCUT2D eigenvalue weighted by molar-refractivity contribution is 7.80. The number of thiophene rings is 1. The molecule has 21 heavy (non-hydrogen) atoms. The lowest BCUT2D eigenvalue weighted by Gasteiger charge is -2.14. The largest absolute Gasteiger partial charge is 0.376 e. The highest BCUT2D eigenvalue weighted by Crippen LogP contribution is 2.22. The van der Waals surface area contributed by atoms with E-state index >= 15 is 0 Å². The Hall–Kier alpha value is -1.18. The van der Waals surface area contributed by atoms with Crippen molar-refractivity contribution in [2.75, 3.05) is 13.2 Å². The molecule has 1 aromatic heterocycles. The topological polar surface area (TPSA) is 62.4 Å². The Bertz CT molecular complexity index is 496. The number of nitrogens with one attached hydrogen (secondary N) is 3. The number of thiocarbonyl (C=S) groups is 1. The molecule has 2 heterocycles. The summed E-state index contributed by atoms with van der Waals surface area (Å²) in [6.45, 7) is 5.70. The Morgan fingerprint density at radius 1 is 1.52 bits per heavy atom. The minimum Gasteiger partial charge on any atom is -0.376 e. The van der Waals surface area contributed by atoms with Gasteiger partial charge in [0.2, 0.25) is 0 Å². The van der Waals surface area contributed by atoms with E-state index in [1.807, 2.05) is 11.4 Å². The molecule has 2 rings (SSSR count). The summed E-state index contributed by atoms with van der Waals surface area (Å²) in [4.78, 5) is 13.2. The van der Waals surface area contributed by atoms with Crippen molar-refractivity contribution in [3.8, 4) is 0 Å². The molecule has 116 valence electrons. The zero-order valence-corrected chi connectivity index (χ0v) is 13.9. The highest BCUT2D eigenvalue weighted by atomic mass is 32.1. The Morgan fingerprint density at radius 2 is 2.33 bits per heavy atom. The van der Waals surface area contributed by atoms with Crippen molar-refractivity contribution in [2.24, 2.45) is 0 Å². The average molecular weight is 327 g/mol. The SMILES string of the molecule is CC(C)c1cc(C(=O)NNC(=S)NC[C@@H]2CCCO2)cs1. The fraction of sp³-hybridized carbons (Fsp3) is 0.571. The normalized spacial score (nSPS) is 17.8. The van der Waals surface area contributed by atoms with Gasteiger partial charge in [0.05, 0.1) is 11.7 Å². The molecule has 5 nitrogen and oxygen atoms in total. The predicted octanol–water partition coefficient (Wildman–Crippen LogP) is 2.16. The summed E-state index contributed by atoms with van der Waals surface area (Å²) < 4.78 is 5.49. The Morgan fingerprint density at radius 3 is 2.95 bits per heavy atom. The van der Waals surface area contributed by atoms with Crippen LogP contribution in [-0.4, -0.2) is 30.3 Å². The number of hydrogen-bond donors (Lipinski definition) is 3. The molecular formula is C14H21N3O2S2. The second-order valence-corrected chi connectivity index (χ2v) is 6.67. The third kappa shape index (κ3) is 4.94. The van der Waals surface area contributed by atoms with E-state index in [1.165, 1.54) is 4.88 Å². The van der Waals surface area contributed by atoms with E-state index in [1.54, 1.807) is 11.3 Å². The van der Waals surface area contributed by atoms with Gasteiger partial charge in [-0.2, -0.15) is 0 Å². The van der Waals surface area contributed by atoms with Crippen LogP contribution in [0.4, 0.5) is 0 Å². The molecule has 0 bridgehead atoms. The molecule has 1 aliphatic rings. The molecule has 0 spiro atoms. The molecule has 1 aliphatic heterocycles. The van der Waals surface area contributed by atoms with Crippen LogP contribution in [0.3, 0.4) is 0 Å². The summed E-state index contributed by atoms with van der Waals surface area (Å²) in [6.07, 6.45) is 2.36. The summed E-state index contributed by atoms with van der Waals surface area (Å²) in [5.74, 6) is 0.248. The van der Waals surface area contributed by atoms with Crippen LogP contribution >= 0.6 is 23.6 Å². The molecule has 7 heteroatoms. The van der Waals surface area contributed by atoms with E-state index in [0.29, 0.717) is 23.1 Å². The van der Waals surface area contributed by atoms with Gasteiger partial charge in [0.25, 0.3) is 5.91 Å². The van der Waals surface area contributed by atoms with Crippen molar-refractivity contribution in [1.82, 2.24) is 16.2 Å². The summed E-state index contributed by atoms with van der Waals surface area (Å²) >= 11 is 6.71. The van der Waals surface area contributed by atoms with Gasteiger partial charge in [0.15, 0.2) is 5.11 Å². The molecule has 1 atom stereocenters. The van der Waals surface area contributed by atoms with Crippen molar-refractivity contribution in [3.63, 3.8) is 0 Å². The molecule has 1 saturated heterocycles. The molecule has 0 aromatic carbocycles. The summed E-state index contributed by atoms with van der Waals surface area (Å²) in [7, 11) is 0. The van der Waals surface area contributed by atoms with Crippen LogP contribution in [0.25, 0.3) is 0 Å². The van der Waals surface area contributed by atoms with Crippen LogP contribution in [0.15, 0.2) is 11.4 Å². The quantitative estimate of drug-likeness (QED) is 0.584. The molecule has 0 radical (unpaired) electrons. The lowest BCUT2D eigenvalue weighted by Crippen LogP contribution is -2.48. The van der Waals surface area contributed by atoms with E-state index in [-0.39, 0.29) is 12.0 Å². The van der Waals surface area contributed by atoms with Crippen molar-refractivity contribution >= 4 is 34.6 Å². The summed E-state index contributed by atoms with van der Waals surface area (Å²) in [5, 5.41) is 5.30. The van der Waals surface area contributed by atoms with Gasteiger partial charge in [-0.05, 0) is 37.0 Å². The molecule has 1 aromatic rings. The maximum absolute atomic E-state index is 12.0. The first-order chi connectivity index (χ1) is 10.1. The van der Waals surface area contributed by atoms with Gasteiger partial charge in [-0.25, -0.2) is 0 Å². The molecule has 0 unspecified atom stereocenters. The van der Waals surface area contributed by atoms with Crippen LogP contribution in [0, 0.1) is 0 Å². The number of hydrogen-bond acceptors (Lipinski definition) is 4. The van der Waals surface area contributed by atoms with E-state index in [9.17, 15) is 4.79 Å². The maximum atomic E-state index is 12.0. The highest BCUT2D eigenvalue weighted by Gasteiger charge is 2.15. The van der Waals surface area contributed by atoms with Crippen LogP contribution in [-0.2, 0) is 4.74 Å². The lowest BCUT2D eigenvalue weighted by molar-refractivity contribution is 0.0943. The van der Waals surface area contributed by atoms with Gasteiger partial charge >= 0.3 is 0 Å². The second-order valence-electron chi connectivity index (χ2n) is 5.32. The molecule has 3 N–H and O–H groups in total. The third-order valence-corrected chi connectivity index (χ3v) is 4.73. The zero-order valence-electron chi connectivity index (χ0n) is 12.3. The predicted molar refractivity (Wildman–Crippen MR) is 88.6 cm³/mol. The number of carbonyl (C=O) groups is 1. The summed E-state index contributed by atoms with van der Waals surface area (Å²) in [6, 6.07) is 1.91. The number of carbonyl (C=O) groups excluding carboxylic acids is 1. The fourth-order valence-corrected chi connectivity index (χ4v) is 3.06. The Labute approximate surface area is 134 Å². The van der Waals surface area contributed by atoms with Crippen molar-refractivity contribution in [1.29, 1.82) is 0 Å². The second kappa shape index (κ2) is 7.72.